The van der Waals surface area contributed by atoms with Gasteiger partial charge < -0.3 is 19.5 Å². The minimum absolute atomic E-state index is 0.139. The molecule has 0 aliphatic heterocycles. The summed E-state index contributed by atoms with van der Waals surface area (Å²) in [6.45, 7) is 2.01. The molecule has 9 nitrogen and oxygen atoms in total. The van der Waals surface area contributed by atoms with E-state index in [0.29, 0.717) is 34.5 Å². The number of benzene rings is 1. The third kappa shape index (κ3) is 4.61. The normalized spacial score (nSPS) is 10.7. The lowest BCUT2D eigenvalue weighted by atomic mass is 10.1. The molecule has 0 saturated carbocycles. The molecule has 1 amide bonds. The zero-order valence-corrected chi connectivity index (χ0v) is 18.0. The molecule has 0 unspecified atom stereocenters. The lowest BCUT2D eigenvalue weighted by molar-refractivity contribution is -0.115. The minimum Gasteiger partial charge on any atom is -0.496 e. The topological polar surface area (TPSA) is 111 Å². The molecule has 0 atom stereocenters. The Morgan fingerprint density at radius 1 is 1.06 bits per heavy atom. The monoisotopic (exact) mass is 433 g/mol. The summed E-state index contributed by atoms with van der Waals surface area (Å²) in [6.07, 6.45) is 4.27. The van der Waals surface area contributed by atoms with E-state index in [9.17, 15) is 4.79 Å². The number of ether oxygens (including phenoxy) is 3. The average molecular weight is 433 g/mol. The molecule has 1 aromatic carbocycles. The number of aromatic amines is 1. The largest absolute Gasteiger partial charge is 0.496 e. The van der Waals surface area contributed by atoms with E-state index in [2.05, 4.69) is 25.5 Å². The smallest absolute Gasteiger partial charge is 0.230 e. The number of carbonyl (C=O) groups is 1. The van der Waals surface area contributed by atoms with Crippen molar-refractivity contribution in [3.63, 3.8) is 0 Å². The standard InChI is InChI=1S/C23H23N5O4/c1-4-15-10-21(28-27-15)26-22(29)9-14-5-6-16(11-20(14)30-2)32-19-7-8-24-18-12-23(31-3)25-13-17(18)19/h5-8,10-13H,4,9H2,1-3H3,(H2,26,27,28,29). The summed E-state index contributed by atoms with van der Waals surface area (Å²) in [5.41, 5.74) is 2.39. The second-order valence-corrected chi connectivity index (χ2v) is 6.99. The quantitative estimate of drug-likeness (QED) is 0.433. The van der Waals surface area contributed by atoms with Gasteiger partial charge in [-0.05, 0) is 18.6 Å². The number of hydrogen-bond donors (Lipinski definition) is 2. The van der Waals surface area contributed by atoms with Gasteiger partial charge in [-0.2, -0.15) is 5.10 Å². The molecule has 0 spiro atoms. The van der Waals surface area contributed by atoms with Gasteiger partial charge in [0.25, 0.3) is 0 Å². The van der Waals surface area contributed by atoms with Gasteiger partial charge in [-0.1, -0.05) is 13.0 Å². The fourth-order valence-electron chi connectivity index (χ4n) is 3.23. The summed E-state index contributed by atoms with van der Waals surface area (Å²) >= 11 is 0. The second kappa shape index (κ2) is 9.34. The van der Waals surface area contributed by atoms with Gasteiger partial charge in [0.05, 0.1) is 31.5 Å². The van der Waals surface area contributed by atoms with E-state index in [0.717, 1.165) is 23.1 Å². The highest BCUT2D eigenvalue weighted by atomic mass is 16.5. The Balaban J connectivity index is 1.51. The average Bonchev–Trinajstić information content (AvgIpc) is 3.27. The molecule has 9 heteroatoms. The second-order valence-electron chi connectivity index (χ2n) is 6.99. The fraction of sp³-hybridized carbons (Fsp3) is 0.217. The number of amides is 1. The van der Waals surface area contributed by atoms with Crippen LogP contribution in [0, 0.1) is 0 Å². The van der Waals surface area contributed by atoms with Gasteiger partial charge >= 0.3 is 0 Å². The maximum Gasteiger partial charge on any atom is 0.230 e. The summed E-state index contributed by atoms with van der Waals surface area (Å²) in [4.78, 5) is 21.0. The molecule has 2 N–H and O–H groups in total. The third-order valence-electron chi connectivity index (χ3n) is 4.89. The molecule has 0 bridgehead atoms. The number of nitrogens with zero attached hydrogens (tertiary/aromatic N) is 3. The van der Waals surface area contributed by atoms with E-state index >= 15 is 0 Å². The van der Waals surface area contributed by atoms with Crippen molar-refractivity contribution in [1.82, 2.24) is 20.2 Å². The highest BCUT2D eigenvalue weighted by molar-refractivity contribution is 5.91. The highest BCUT2D eigenvalue weighted by Crippen LogP contribution is 2.32. The van der Waals surface area contributed by atoms with Crippen LogP contribution in [0.4, 0.5) is 5.82 Å². The van der Waals surface area contributed by atoms with Gasteiger partial charge in [-0.25, -0.2) is 4.98 Å². The number of H-pyrrole nitrogens is 1. The van der Waals surface area contributed by atoms with Crippen LogP contribution in [-0.2, 0) is 17.6 Å². The van der Waals surface area contributed by atoms with E-state index in [-0.39, 0.29) is 12.3 Å². The van der Waals surface area contributed by atoms with Crippen LogP contribution in [0.3, 0.4) is 0 Å². The minimum atomic E-state index is -0.189. The Kier molecular flexibility index (Phi) is 6.16. The molecule has 0 fully saturated rings. The first-order valence-corrected chi connectivity index (χ1v) is 10.1. The van der Waals surface area contributed by atoms with Gasteiger partial charge in [0.1, 0.15) is 17.2 Å². The predicted molar refractivity (Wildman–Crippen MR) is 119 cm³/mol. The number of hydrogen-bond acceptors (Lipinski definition) is 7. The number of fused-ring (bicyclic) bond motifs is 1. The summed E-state index contributed by atoms with van der Waals surface area (Å²) in [7, 11) is 3.11. The number of methoxy groups -OCH3 is 2. The number of rotatable bonds is 8. The molecule has 4 rings (SSSR count). The van der Waals surface area contributed by atoms with Gasteiger partial charge in [-0.15, -0.1) is 0 Å². The Labute approximate surface area is 184 Å². The lowest BCUT2D eigenvalue weighted by Crippen LogP contribution is -2.15. The molecule has 0 saturated heterocycles. The number of aromatic nitrogens is 4. The molecule has 4 aromatic rings. The van der Waals surface area contributed by atoms with Crippen LogP contribution in [0.2, 0.25) is 0 Å². The fourth-order valence-corrected chi connectivity index (χ4v) is 3.23. The first kappa shape index (κ1) is 21.1. The number of pyridine rings is 2. The van der Waals surface area contributed by atoms with Crippen LogP contribution < -0.4 is 19.5 Å². The molecular formula is C23H23N5O4. The lowest BCUT2D eigenvalue weighted by Gasteiger charge is -2.13. The molecule has 0 aliphatic carbocycles. The molecule has 164 valence electrons. The van der Waals surface area contributed by atoms with Crippen LogP contribution in [-0.4, -0.2) is 40.3 Å². The summed E-state index contributed by atoms with van der Waals surface area (Å²) < 4.78 is 16.7. The highest BCUT2D eigenvalue weighted by Gasteiger charge is 2.13. The van der Waals surface area contributed by atoms with E-state index in [4.69, 9.17) is 14.2 Å². The summed E-state index contributed by atoms with van der Waals surface area (Å²) in [5.74, 6) is 2.50. The molecule has 3 aromatic heterocycles. The van der Waals surface area contributed by atoms with E-state index in [1.165, 1.54) is 0 Å². The van der Waals surface area contributed by atoms with Crippen molar-refractivity contribution in [1.29, 1.82) is 0 Å². The zero-order valence-electron chi connectivity index (χ0n) is 18.0. The Morgan fingerprint density at radius 2 is 1.94 bits per heavy atom. The van der Waals surface area contributed by atoms with Crippen molar-refractivity contribution in [2.75, 3.05) is 19.5 Å². The van der Waals surface area contributed by atoms with Crippen molar-refractivity contribution >= 4 is 22.6 Å². The van der Waals surface area contributed by atoms with Crippen LogP contribution >= 0.6 is 0 Å². The van der Waals surface area contributed by atoms with Crippen molar-refractivity contribution in [2.24, 2.45) is 0 Å². The van der Waals surface area contributed by atoms with E-state index in [1.54, 1.807) is 56.9 Å². The third-order valence-corrected chi connectivity index (χ3v) is 4.89. The Hall–Kier alpha value is -4.14. The Morgan fingerprint density at radius 3 is 2.69 bits per heavy atom. The maximum absolute atomic E-state index is 12.4. The van der Waals surface area contributed by atoms with Crippen molar-refractivity contribution in [3.8, 4) is 23.1 Å². The summed E-state index contributed by atoms with van der Waals surface area (Å²) in [5, 5.41) is 10.5. The molecule has 32 heavy (non-hydrogen) atoms. The summed E-state index contributed by atoms with van der Waals surface area (Å²) in [6, 6.07) is 10.7. The molecular weight excluding hydrogens is 410 g/mol. The van der Waals surface area contributed by atoms with Crippen LogP contribution in [0.5, 0.6) is 23.1 Å². The first-order chi connectivity index (χ1) is 15.6. The van der Waals surface area contributed by atoms with Crippen molar-refractivity contribution in [2.45, 2.75) is 19.8 Å². The Bertz CT molecular complexity index is 1250. The SMILES string of the molecule is CCc1cc(NC(=O)Cc2ccc(Oc3ccnc4cc(OC)ncc34)cc2OC)n[nH]1. The molecule has 3 heterocycles. The van der Waals surface area contributed by atoms with Gasteiger partial charge in [0, 0.05) is 41.9 Å². The molecule has 0 radical (unpaired) electrons. The van der Waals surface area contributed by atoms with Crippen LogP contribution in [0.15, 0.2) is 48.8 Å². The van der Waals surface area contributed by atoms with E-state index in [1.807, 2.05) is 13.0 Å². The van der Waals surface area contributed by atoms with Crippen LogP contribution in [0.1, 0.15) is 18.2 Å². The number of anilines is 1. The number of aryl methyl sites for hydroxylation is 1. The van der Waals surface area contributed by atoms with Gasteiger partial charge in [0.15, 0.2) is 5.82 Å². The zero-order chi connectivity index (χ0) is 22.5. The number of carbonyl (C=O) groups excluding carboxylic acids is 1. The van der Waals surface area contributed by atoms with Gasteiger partial charge in [-0.3, -0.25) is 14.9 Å². The maximum atomic E-state index is 12.4. The predicted octanol–water partition coefficient (Wildman–Crippen LogP) is 3.91. The first-order valence-electron chi connectivity index (χ1n) is 10.1. The molecule has 0 aliphatic rings. The van der Waals surface area contributed by atoms with Crippen molar-refractivity contribution < 1.29 is 19.0 Å². The number of nitrogens with one attached hydrogen (secondary N) is 2. The van der Waals surface area contributed by atoms with Crippen LogP contribution in [0.25, 0.3) is 10.9 Å². The van der Waals surface area contributed by atoms with Crippen molar-refractivity contribution in [3.05, 3.63) is 60.0 Å². The van der Waals surface area contributed by atoms with E-state index < -0.39 is 0 Å². The van der Waals surface area contributed by atoms with Gasteiger partial charge in [0.2, 0.25) is 11.8 Å².